The van der Waals surface area contributed by atoms with E-state index in [1.165, 1.54) is 4.88 Å². The van der Waals surface area contributed by atoms with Gasteiger partial charge in [-0.05, 0) is 35.5 Å². The summed E-state index contributed by atoms with van der Waals surface area (Å²) in [6.07, 6.45) is 1.87. The van der Waals surface area contributed by atoms with Crippen LogP contribution >= 0.6 is 39.5 Å². The number of halogens is 1. The number of nitrogens with zero attached hydrogens (tertiary/aromatic N) is 1. The molecule has 0 fully saturated rings. The van der Waals surface area contributed by atoms with Gasteiger partial charge < -0.3 is 5.73 Å². The van der Waals surface area contributed by atoms with Crippen molar-refractivity contribution < 1.29 is 0 Å². The van der Waals surface area contributed by atoms with Crippen LogP contribution in [0.5, 0.6) is 0 Å². The lowest BCUT2D eigenvalue weighted by Crippen LogP contribution is -2.33. The molecule has 1 heterocycles. The number of thiophene rings is 1. The maximum absolute atomic E-state index is 5.60. The van der Waals surface area contributed by atoms with E-state index < -0.39 is 0 Å². The zero-order chi connectivity index (χ0) is 12.1. The van der Waals surface area contributed by atoms with Gasteiger partial charge in [0.2, 0.25) is 0 Å². The zero-order valence-electron chi connectivity index (χ0n) is 9.57. The molecule has 0 aromatic carbocycles. The average Bonchev–Trinajstić information content (AvgIpc) is 2.60. The van der Waals surface area contributed by atoms with Crippen molar-refractivity contribution >= 4 is 44.5 Å². The molecule has 0 aliphatic heterocycles. The van der Waals surface area contributed by atoms with Crippen molar-refractivity contribution in [1.82, 2.24) is 4.90 Å². The minimum atomic E-state index is 0.443. The minimum absolute atomic E-state index is 0.443. The topological polar surface area (TPSA) is 29.3 Å². The first-order valence-electron chi connectivity index (χ1n) is 5.24. The van der Waals surface area contributed by atoms with Crippen LogP contribution in [0, 0.1) is 0 Å². The van der Waals surface area contributed by atoms with Crippen LogP contribution in [0.15, 0.2) is 15.9 Å². The van der Waals surface area contributed by atoms with E-state index in [4.69, 9.17) is 18.0 Å². The molecule has 0 radical (unpaired) electrons. The standard InChI is InChI=1S/C11H17BrN2S2/c1-3-9(5-11(13)15)14(2)6-10-4-8(12)7-16-10/h4,7,9H,3,5-6H2,1-2H3,(H2,13,15). The maximum atomic E-state index is 5.60. The highest BCUT2D eigenvalue weighted by Crippen LogP contribution is 2.22. The second-order valence-corrected chi connectivity index (χ2v) is 6.31. The fourth-order valence-electron chi connectivity index (χ4n) is 1.66. The van der Waals surface area contributed by atoms with E-state index in [0.717, 1.165) is 23.9 Å². The van der Waals surface area contributed by atoms with Gasteiger partial charge in [0.25, 0.3) is 0 Å². The van der Waals surface area contributed by atoms with E-state index in [1.54, 1.807) is 11.3 Å². The first-order chi connectivity index (χ1) is 7.52. The Morgan fingerprint density at radius 3 is 2.81 bits per heavy atom. The highest BCUT2D eigenvalue weighted by atomic mass is 79.9. The zero-order valence-corrected chi connectivity index (χ0v) is 12.8. The second-order valence-electron chi connectivity index (χ2n) is 3.88. The molecule has 90 valence electrons. The van der Waals surface area contributed by atoms with Crippen molar-refractivity contribution in [3.8, 4) is 0 Å². The fourth-order valence-corrected chi connectivity index (χ4v) is 3.36. The highest BCUT2D eigenvalue weighted by Gasteiger charge is 2.14. The van der Waals surface area contributed by atoms with Gasteiger partial charge in [-0.1, -0.05) is 19.1 Å². The molecule has 0 aliphatic rings. The number of rotatable bonds is 6. The molecule has 0 bridgehead atoms. The van der Waals surface area contributed by atoms with E-state index in [2.05, 4.69) is 46.2 Å². The van der Waals surface area contributed by atoms with Gasteiger partial charge in [0.15, 0.2) is 0 Å². The highest BCUT2D eigenvalue weighted by molar-refractivity contribution is 9.10. The quantitative estimate of drug-likeness (QED) is 0.814. The molecular formula is C11H17BrN2S2. The van der Waals surface area contributed by atoms with Crippen molar-refractivity contribution in [2.75, 3.05) is 7.05 Å². The Morgan fingerprint density at radius 2 is 2.38 bits per heavy atom. The van der Waals surface area contributed by atoms with Crippen LogP contribution in [0.4, 0.5) is 0 Å². The smallest absolute Gasteiger partial charge is 0.0743 e. The Labute approximate surface area is 115 Å². The van der Waals surface area contributed by atoms with Crippen LogP contribution in [0.2, 0.25) is 0 Å². The summed E-state index contributed by atoms with van der Waals surface area (Å²) in [6, 6.07) is 2.60. The number of hydrogen-bond acceptors (Lipinski definition) is 3. The van der Waals surface area contributed by atoms with Crippen molar-refractivity contribution in [3.63, 3.8) is 0 Å². The Kier molecular flexibility index (Phi) is 5.89. The van der Waals surface area contributed by atoms with Crippen LogP contribution in [0.1, 0.15) is 24.6 Å². The van der Waals surface area contributed by atoms with Gasteiger partial charge in [0, 0.05) is 33.7 Å². The number of nitrogens with two attached hydrogens (primary N) is 1. The lowest BCUT2D eigenvalue weighted by molar-refractivity contribution is 0.235. The van der Waals surface area contributed by atoms with Crippen molar-refractivity contribution in [2.45, 2.75) is 32.4 Å². The summed E-state index contributed by atoms with van der Waals surface area (Å²) in [7, 11) is 2.13. The molecule has 0 saturated heterocycles. The van der Waals surface area contributed by atoms with Gasteiger partial charge in [0.05, 0.1) is 4.99 Å². The molecule has 0 amide bonds. The molecule has 0 aliphatic carbocycles. The molecule has 1 aromatic rings. The summed E-state index contributed by atoms with van der Waals surface area (Å²) in [6.45, 7) is 3.13. The second kappa shape index (κ2) is 6.69. The van der Waals surface area contributed by atoms with Gasteiger partial charge in [0.1, 0.15) is 0 Å². The molecular weight excluding hydrogens is 304 g/mol. The third-order valence-electron chi connectivity index (χ3n) is 2.56. The third-order valence-corrected chi connectivity index (χ3v) is 4.41. The van der Waals surface area contributed by atoms with E-state index in [-0.39, 0.29) is 0 Å². The van der Waals surface area contributed by atoms with Crippen LogP contribution in [-0.4, -0.2) is 23.0 Å². The number of hydrogen-bond donors (Lipinski definition) is 1. The summed E-state index contributed by atoms with van der Waals surface area (Å²) in [4.78, 5) is 4.28. The summed E-state index contributed by atoms with van der Waals surface area (Å²) in [5, 5.41) is 2.11. The molecule has 5 heteroatoms. The van der Waals surface area contributed by atoms with Crippen molar-refractivity contribution in [3.05, 3.63) is 20.8 Å². The maximum Gasteiger partial charge on any atom is 0.0743 e. The largest absolute Gasteiger partial charge is 0.393 e. The molecule has 1 rings (SSSR count). The Hall–Kier alpha value is 0.0300. The fraction of sp³-hybridized carbons (Fsp3) is 0.545. The summed E-state index contributed by atoms with van der Waals surface area (Å²) in [5.41, 5.74) is 5.60. The lowest BCUT2D eigenvalue weighted by Gasteiger charge is -2.26. The van der Waals surface area contributed by atoms with E-state index >= 15 is 0 Å². The van der Waals surface area contributed by atoms with Crippen LogP contribution in [0.25, 0.3) is 0 Å². The summed E-state index contributed by atoms with van der Waals surface area (Å²) < 4.78 is 1.16. The van der Waals surface area contributed by atoms with Crippen LogP contribution in [0.3, 0.4) is 0 Å². The average molecular weight is 321 g/mol. The molecule has 2 N–H and O–H groups in total. The molecule has 16 heavy (non-hydrogen) atoms. The van der Waals surface area contributed by atoms with Gasteiger partial charge in [-0.2, -0.15) is 0 Å². The predicted octanol–water partition coefficient (Wildman–Crippen LogP) is 3.40. The first kappa shape index (κ1) is 14.1. The normalized spacial score (nSPS) is 13.0. The molecule has 0 saturated carbocycles. The van der Waals surface area contributed by atoms with Gasteiger partial charge >= 0.3 is 0 Å². The van der Waals surface area contributed by atoms with E-state index in [0.29, 0.717) is 11.0 Å². The Balaban J connectivity index is 2.55. The Morgan fingerprint density at radius 1 is 1.69 bits per heavy atom. The predicted molar refractivity (Wildman–Crippen MR) is 79.0 cm³/mol. The van der Waals surface area contributed by atoms with Crippen molar-refractivity contribution in [1.29, 1.82) is 0 Å². The molecule has 1 atom stereocenters. The van der Waals surface area contributed by atoms with E-state index in [1.807, 2.05) is 0 Å². The molecule has 2 nitrogen and oxygen atoms in total. The monoisotopic (exact) mass is 320 g/mol. The SMILES string of the molecule is CCC(CC(N)=S)N(C)Cc1cc(Br)cs1. The lowest BCUT2D eigenvalue weighted by atomic mass is 10.1. The molecule has 1 aromatic heterocycles. The summed E-state index contributed by atoms with van der Waals surface area (Å²) >= 11 is 10.2. The van der Waals surface area contributed by atoms with Gasteiger partial charge in [-0.3, -0.25) is 4.90 Å². The van der Waals surface area contributed by atoms with Gasteiger partial charge in [-0.15, -0.1) is 11.3 Å². The third kappa shape index (κ3) is 4.49. The molecule has 0 spiro atoms. The first-order valence-corrected chi connectivity index (χ1v) is 7.32. The number of thiocarbonyl (C=S) groups is 1. The van der Waals surface area contributed by atoms with Crippen LogP contribution in [-0.2, 0) is 6.54 Å². The molecule has 1 unspecified atom stereocenters. The van der Waals surface area contributed by atoms with E-state index in [9.17, 15) is 0 Å². The van der Waals surface area contributed by atoms with Gasteiger partial charge in [-0.25, -0.2) is 0 Å². The summed E-state index contributed by atoms with van der Waals surface area (Å²) in [5.74, 6) is 0. The Bertz CT molecular complexity index is 352. The minimum Gasteiger partial charge on any atom is -0.393 e. The van der Waals surface area contributed by atoms with Crippen molar-refractivity contribution in [2.24, 2.45) is 5.73 Å². The van der Waals surface area contributed by atoms with Crippen LogP contribution < -0.4 is 5.73 Å².